The van der Waals surface area contributed by atoms with Crippen molar-refractivity contribution >= 4 is 11.8 Å². The Morgan fingerprint density at radius 2 is 1.71 bits per heavy atom. The van der Waals surface area contributed by atoms with Crippen LogP contribution in [0.15, 0.2) is 18.2 Å². The van der Waals surface area contributed by atoms with E-state index in [1.807, 2.05) is 0 Å². The number of halogens is 3. The van der Waals surface area contributed by atoms with Crippen molar-refractivity contribution in [3.8, 4) is 0 Å². The number of carboxylic acids is 1. The summed E-state index contributed by atoms with van der Waals surface area (Å²) in [5.74, 6) is -1.66. The molecule has 0 heterocycles. The average molecular weight is 302 g/mol. The molecule has 0 aliphatic heterocycles. The minimum absolute atomic E-state index is 0.0285. The summed E-state index contributed by atoms with van der Waals surface area (Å²) in [7, 11) is 0. The average Bonchev–Trinajstić information content (AvgIpc) is 2.33. The molecule has 21 heavy (non-hydrogen) atoms. The van der Waals surface area contributed by atoms with Gasteiger partial charge in [0.1, 0.15) is 5.78 Å². The van der Waals surface area contributed by atoms with Gasteiger partial charge in [-0.15, -0.1) is 0 Å². The van der Waals surface area contributed by atoms with E-state index in [9.17, 15) is 22.8 Å². The molecule has 0 bridgehead atoms. The predicted molar refractivity (Wildman–Crippen MR) is 71.2 cm³/mol. The fourth-order valence-corrected chi connectivity index (χ4v) is 1.80. The number of rotatable bonds is 4. The smallest absolute Gasteiger partial charge is 0.417 e. The number of aryl methyl sites for hydroxylation is 1. The summed E-state index contributed by atoms with van der Waals surface area (Å²) in [6.45, 7) is 5.26. The third-order valence-corrected chi connectivity index (χ3v) is 3.10. The van der Waals surface area contributed by atoms with Gasteiger partial charge < -0.3 is 5.11 Å². The lowest BCUT2D eigenvalue weighted by Crippen LogP contribution is -2.20. The van der Waals surface area contributed by atoms with Gasteiger partial charge in [0.25, 0.3) is 0 Å². The Kier molecular flexibility index (Phi) is 4.81. The zero-order valence-electron chi connectivity index (χ0n) is 12.0. The highest BCUT2D eigenvalue weighted by Crippen LogP contribution is 2.32. The van der Waals surface area contributed by atoms with Crippen LogP contribution in [0, 0.1) is 5.41 Å². The molecule has 6 heteroatoms. The van der Waals surface area contributed by atoms with Gasteiger partial charge in [-0.05, 0) is 24.1 Å². The summed E-state index contributed by atoms with van der Waals surface area (Å²) < 4.78 is 38.1. The van der Waals surface area contributed by atoms with E-state index in [0.717, 1.165) is 12.1 Å². The summed E-state index contributed by atoms with van der Waals surface area (Å²) in [5.41, 5.74) is -2.09. The maximum atomic E-state index is 12.7. The van der Waals surface area contributed by atoms with Crippen molar-refractivity contribution in [3.63, 3.8) is 0 Å². The van der Waals surface area contributed by atoms with E-state index in [2.05, 4.69) is 0 Å². The standard InChI is InChI=1S/C15H17F3O3/c1-14(2,3)12(19)7-5-9-4-6-11(15(16,17)18)10(8-9)13(20)21/h4,6,8H,5,7H2,1-3H3,(H,20,21). The van der Waals surface area contributed by atoms with E-state index < -0.39 is 28.7 Å². The zero-order valence-corrected chi connectivity index (χ0v) is 12.0. The van der Waals surface area contributed by atoms with Gasteiger partial charge in [-0.2, -0.15) is 13.2 Å². The summed E-state index contributed by atoms with van der Waals surface area (Å²) >= 11 is 0. The number of alkyl halides is 3. The molecule has 0 aliphatic rings. The fraction of sp³-hybridized carbons (Fsp3) is 0.467. The highest BCUT2D eigenvalue weighted by atomic mass is 19.4. The van der Waals surface area contributed by atoms with Gasteiger partial charge in [0, 0.05) is 11.8 Å². The van der Waals surface area contributed by atoms with Crippen molar-refractivity contribution in [2.75, 3.05) is 0 Å². The summed E-state index contributed by atoms with van der Waals surface area (Å²) in [6, 6.07) is 2.95. The molecule has 0 spiro atoms. The van der Waals surface area contributed by atoms with Gasteiger partial charge >= 0.3 is 12.1 Å². The van der Waals surface area contributed by atoms with Crippen LogP contribution in [0.1, 0.15) is 48.7 Å². The lowest BCUT2D eigenvalue weighted by molar-refractivity contribution is -0.138. The first-order valence-corrected chi connectivity index (χ1v) is 6.39. The molecule has 0 saturated heterocycles. The number of aromatic carboxylic acids is 1. The largest absolute Gasteiger partial charge is 0.478 e. The molecule has 1 rings (SSSR count). The van der Waals surface area contributed by atoms with Crippen molar-refractivity contribution < 1.29 is 27.9 Å². The molecule has 116 valence electrons. The van der Waals surface area contributed by atoms with E-state index in [-0.39, 0.29) is 18.6 Å². The van der Waals surface area contributed by atoms with Crippen molar-refractivity contribution in [2.45, 2.75) is 39.8 Å². The Bertz CT molecular complexity index is 554. The Morgan fingerprint density at radius 3 is 2.14 bits per heavy atom. The Morgan fingerprint density at radius 1 is 1.14 bits per heavy atom. The molecule has 0 amide bonds. The second-order valence-electron chi connectivity index (χ2n) is 5.86. The molecular formula is C15H17F3O3. The first kappa shape index (κ1) is 17.2. The molecule has 1 aromatic rings. The second-order valence-corrected chi connectivity index (χ2v) is 5.86. The Balaban J connectivity index is 3.00. The molecule has 0 unspecified atom stereocenters. The van der Waals surface area contributed by atoms with Gasteiger partial charge in [0.05, 0.1) is 11.1 Å². The van der Waals surface area contributed by atoms with Crippen LogP contribution in [0.4, 0.5) is 13.2 Å². The molecular weight excluding hydrogens is 285 g/mol. The zero-order chi connectivity index (χ0) is 16.4. The molecule has 0 radical (unpaired) electrons. The predicted octanol–water partition coefficient (Wildman–Crippen LogP) is 3.95. The van der Waals surface area contributed by atoms with Crippen molar-refractivity contribution in [3.05, 3.63) is 34.9 Å². The number of hydrogen-bond acceptors (Lipinski definition) is 2. The van der Waals surface area contributed by atoms with Gasteiger partial charge in [-0.25, -0.2) is 4.79 Å². The topological polar surface area (TPSA) is 54.4 Å². The van der Waals surface area contributed by atoms with Crippen LogP contribution in [0.2, 0.25) is 0 Å². The van der Waals surface area contributed by atoms with Crippen LogP contribution in [0.25, 0.3) is 0 Å². The van der Waals surface area contributed by atoms with Gasteiger partial charge in [-0.1, -0.05) is 26.8 Å². The summed E-state index contributed by atoms with van der Waals surface area (Å²) in [6.07, 6.45) is -4.34. The van der Waals surface area contributed by atoms with E-state index in [4.69, 9.17) is 5.11 Å². The highest BCUT2D eigenvalue weighted by molar-refractivity contribution is 5.90. The molecule has 0 aromatic heterocycles. The summed E-state index contributed by atoms with van der Waals surface area (Å²) in [5, 5.41) is 8.89. The number of carbonyl (C=O) groups is 2. The third-order valence-electron chi connectivity index (χ3n) is 3.10. The molecule has 0 saturated carbocycles. The van der Waals surface area contributed by atoms with Crippen molar-refractivity contribution in [1.82, 2.24) is 0 Å². The lowest BCUT2D eigenvalue weighted by atomic mass is 9.87. The van der Waals surface area contributed by atoms with Crippen LogP contribution in [0.3, 0.4) is 0 Å². The highest BCUT2D eigenvalue weighted by Gasteiger charge is 2.35. The van der Waals surface area contributed by atoms with Crippen LogP contribution in [0.5, 0.6) is 0 Å². The van der Waals surface area contributed by atoms with E-state index in [0.29, 0.717) is 5.56 Å². The van der Waals surface area contributed by atoms with Gasteiger partial charge in [0.2, 0.25) is 0 Å². The van der Waals surface area contributed by atoms with Gasteiger partial charge in [-0.3, -0.25) is 4.79 Å². The van der Waals surface area contributed by atoms with Crippen molar-refractivity contribution in [2.24, 2.45) is 5.41 Å². The minimum atomic E-state index is -4.71. The Labute approximate surface area is 120 Å². The monoisotopic (exact) mass is 302 g/mol. The van der Waals surface area contributed by atoms with Crippen LogP contribution < -0.4 is 0 Å². The Hall–Kier alpha value is -1.85. The number of Topliss-reactive ketones (excluding diaryl/α,β-unsaturated/α-hetero) is 1. The van der Waals surface area contributed by atoms with Crippen LogP contribution >= 0.6 is 0 Å². The number of carboxylic acid groups (broad SMARTS) is 1. The van der Waals surface area contributed by atoms with Gasteiger partial charge in [0.15, 0.2) is 0 Å². The quantitative estimate of drug-likeness (QED) is 0.916. The first-order valence-electron chi connectivity index (χ1n) is 6.39. The molecule has 0 atom stereocenters. The maximum absolute atomic E-state index is 12.7. The van der Waals surface area contributed by atoms with E-state index in [1.165, 1.54) is 6.07 Å². The maximum Gasteiger partial charge on any atom is 0.417 e. The number of carbonyl (C=O) groups excluding carboxylic acids is 1. The summed E-state index contributed by atoms with van der Waals surface area (Å²) in [4.78, 5) is 22.7. The van der Waals surface area contributed by atoms with Crippen molar-refractivity contribution in [1.29, 1.82) is 0 Å². The molecule has 0 aliphatic carbocycles. The normalized spacial score (nSPS) is 12.3. The lowest BCUT2D eigenvalue weighted by Gasteiger charge is -2.16. The molecule has 1 N–H and O–H groups in total. The van der Waals surface area contributed by atoms with Crippen LogP contribution in [-0.4, -0.2) is 16.9 Å². The van der Waals surface area contributed by atoms with E-state index >= 15 is 0 Å². The molecule has 3 nitrogen and oxygen atoms in total. The SMILES string of the molecule is CC(C)(C)C(=O)CCc1ccc(C(F)(F)F)c(C(=O)O)c1. The van der Waals surface area contributed by atoms with Crippen LogP contribution in [-0.2, 0) is 17.4 Å². The minimum Gasteiger partial charge on any atom is -0.478 e. The van der Waals surface area contributed by atoms with E-state index in [1.54, 1.807) is 20.8 Å². The number of hydrogen-bond donors (Lipinski definition) is 1. The second kappa shape index (κ2) is 5.87. The third kappa shape index (κ3) is 4.58. The fourth-order valence-electron chi connectivity index (χ4n) is 1.80. The number of ketones is 1. The molecule has 0 fully saturated rings. The molecule has 1 aromatic carbocycles. The first-order chi connectivity index (χ1) is 9.43. The number of benzene rings is 1.